The number of allylic oxidation sites excluding steroid dienone is 1. The van der Waals surface area contributed by atoms with Crippen molar-refractivity contribution < 1.29 is 86.6 Å². The smallest absolute Gasteiger partial charge is 0.314 e. The van der Waals surface area contributed by atoms with Crippen LogP contribution in [0.5, 0.6) is 0 Å². The minimum Gasteiger partial charge on any atom is -0.481 e. The van der Waals surface area contributed by atoms with Crippen LogP contribution in [-0.2, 0) is 66.8 Å². The highest BCUT2D eigenvalue weighted by atomic mass is 35.5. The van der Waals surface area contributed by atoms with Crippen molar-refractivity contribution in [3.63, 3.8) is 0 Å². The number of amides is 10. The van der Waals surface area contributed by atoms with E-state index in [-0.39, 0.29) is 176 Å². The summed E-state index contributed by atoms with van der Waals surface area (Å²) in [5.74, 6) is -4.37. The average Bonchev–Trinajstić information content (AvgIpc) is 0.850. The molecule has 36 heteroatoms. The van der Waals surface area contributed by atoms with E-state index in [9.17, 15) is 58.2 Å². The quantitative estimate of drug-likeness (QED) is 0.0194. The first kappa shape index (κ1) is 91.0. The molecule has 105 heavy (non-hydrogen) atoms. The number of anilines is 1. The van der Waals surface area contributed by atoms with Gasteiger partial charge in [0.25, 0.3) is 0 Å². The number of pyridine rings is 1. The normalized spacial score (nSPS) is 12.4. The Morgan fingerprint density at radius 2 is 0.848 bits per heavy atom. The summed E-state index contributed by atoms with van der Waals surface area (Å²) in [6, 6.07) is 9.20. The van der Waals surface area contributed by atoms with Gasteiger partial charge in [-0.25, -0.2) is 14.6 Å². The summed E-state index contributed by atoms with van der Waals surface area (Å²) in [5, 5.41) is 50.4. The number of aromatic nitrogens is 1. The number of aliphatic carboxylic acids is 2. The molecule has 0 spiro atoms. The summed E-state index contributed by atoms with van der Waals surface area (Å²) in [6.45, 7) is 7.40. The van der Waals surface area contributed by atoms with Gasteiger partial charge in [0.2, 0.25) is 35.4 Å². The third-order valence-electron chi connectivity index (χ3n) is 14.7. The lowest BCUT2D eigenvalue weighted by Crippen LogP contribution is -2.48. The number of urea groups is 2. The number of benzene rings is 2. The number of nitrogens with two attached hydrogens (primary N) is 1. The van der Waals surface area contributed by atoms with Crippen molar-refractivity contribution >= 4 is 118 Å². The van der Waals surface area contributed by atoms with Crippen molar-refractivity contribution in [2.24, 2.45) is 10.7 Å². The lowest BCUT2D eigenvalue weighted by atomic mass is 10.0. The van der Waals surface area contributed by atoms with Gasteiger partial charge in [-0.3, -0.25) is 43.3 Å². The van der Waals surface area contributed by atoms with Crippen LogP contribution in [-0.4, -0.2) is 224 Å². The molecule has 0 aliphatic rings. The molecule has 0 aliphatic carbocycles. The van der Waals surface area contributed by atoms with E-state index in [2.05, 4.69) is 68.5 Å². The maximum atomic E-state index is 13.6. The van der Waals surface area contributed by atoms with Gasteiger partial charge in [-0.05, 0) is 124 Å². The Morgan fingerprint density at radius 1 is 0.467 bits per heavy atom. The van der Waals surface area contributed by atoms with Crippen LogP contribution >= 0.6 is 46.4 Å². The standard InChI is InChI=1S/C69H102Cl4N14O18/c1-2-11-58(74)75-19-7-4-13-62(90)84-54(66(96)86-56(46-64(92)93)48-40-50(70)44-51(71)41-48)15-17-60(88)78-24-28-100-32-36-104-38-34-102-30-26-82-68(98)80-22-9-10-23-81-69(99)83-27-31-103-35-39-105-37-33-101-29-25-79-61(89)18-16-55(85-63(91)14-5-8-21-77-59-12-3-6-20-76-59)67(97)87-57(47-65(94)95)49-42-52(72)45-53(73)43-49/h2-3,6,11-12,20,40-45,54-57H,4-5,7-10,13-19,21-39,46-47H2,1H3,(H2,74,75)(H,76,77)(H,78,88)(H,79,89)(H,84,90)(H,85,91)(H,86,96)(H,87,97)(H,92,93)(H,94,95)(H2,80,82,98)(H2,81,83,99). The monoisotopic (exact) mass is 1550 g/mol. The van der Waals surface area contributed by atoms with Crippen LogP contribution in [0.25, 0.3) is 0 Å². The number of ether oxygens (including phenoxy) is 6. The predicted molar refractivity (Wildman–Crippen MR) is 396 cm³/mol. The van der Waals surface area contributed by atoms with Crippen molar-refractivity contribution in [3.05, 3.63) is 104 Å². The molecule has 0 saturated heterocycles. The summed E-state index contributed by atoms with van der Waals surface area (Å²) in [7, 11) is 0. The predicted octanol–water partition coefficient (Wildman–Crippen LogP) is 5.29. The number of hydrogen-bond donors (Lipinski definition) is 14. The van der Waals surface area contributed by atoms with Crippen LogP contribution in [0, 0.1) is 0 Å². The fourth-order valence-electron chi connectivity index (χ4n) is 9.53. The minimum absolute atomic E-state index is 0.0683. The number of rotatable bonds is 59. The van der Waals surface area contributed by atoms with E-state index in [0.717, 1.165) is 0 Å². The van der Waals surface area contributed by atoms with E-state index in [1.54, 1.807) is 24.4 Å². The molecule has 0 aliphatic heterocycles. The zero-order valence-corrected chi connectivity index (χ0v) is 62.2. The largest absolute Gasteiger partial charge is 0.481 e. The average molecular weight is 1560 g/mol. The van der Waals surface area contributed by atoms with Crippen LogP contribution in [0.4, 0.5) is 15.4 Å². The summed E-state index contributed by atoms with van der Waals surface area (Å²) >= 11 is 24.7. The number of unbranched alkanes of at least 4 members (excludes halogenated alkanes) is 3. The maximum absolute atomic E-state index is 13.6. The fourth-order valence-corrected chi connectivity index (χ4v) is 10.6. The van der Waals surface area contributed by atoms with E-state index < -0.39 is 84.4 Å². The summed E-state index contributed by atoms with van der Waals surface area (Å²) in [5.41, 5.74) is 6.47. The number of carbonyl (C=O) groups excluding carboxylic acids is 8. The molecule has 0 bridgehead atoms. The maximum Gasteiger partial charge on any atom is 0.314 e. The highest BCUT2D eigenvalue weighted by Gasteiger charge is 2.29. The Balaban J connectivity index is 1.15. The molecule has 584 valence electrons. The Kier molecular flexibility index (Phi) is 49.5. The van der Waals surface area contributed by atoms with Crippen molar-refractivity contribution in [1.82, 2.24) is 58.2 Å². The summed E-state index contributed by atoms with van der Waals surface area (Å²) in [4.78, 5) is 135. The van der Waals surface area contributed by atoms with Gasteiger partial charge >= 0.3 is 24.0 Å². The number of nitrogens with zero attached hydrogens (tertiary/aromatic N) is 2. The van der Waals surface area contributed by atoms with Gasteiger partial charge < -0.3 is 103 Å². The number of carbonyl (C=O) groups is 10. The van der Waals surface area contributed by atoms with Gasteiger partial charge in [-0.15, -0.1) is 0 Å². The Morgan fingerprint density at radius 3 is 1.24 bits per heavy atom. The van der Waals surface area contributed by atoms with Crippen molar-refractivity contribution in [2.45, 2.75) is 121 Å². The molecule has 3 aromatic rings. The fraction of sp³-hybridized carbons (Fsp3) is 0.565. The molecular formula is C69H102Cl4N14O18. The van der Waals surface area contributed by atoms with Crippen LogP contribution in [0.2, 0.25) is 20.1 Å². The first-order valence-corrected chi connectivity index (χ1v) is 36.3. The summed E-state index contributed by atoms with van der Waals surface area (Å²) in [6.07, 6.45) is 7.18. The van der Waals surface area contributed by atoms with Crippen LogP contribution in [0.1, 0.15) is 120 Å². The second-order valence-electron chi connectivity index (χ2n) is 23.4. The van der Waals surface area contributed by atoms with Gasteiger partial charge in [-0.1, -0.05) is 58.5 Å². The molecule has 1 heterocycles. The van der Waals surface area contributed by atoms with Gasteiger partial charge in [0.15, 0.2) is 0 Å². The zero-order valence-electron chi connectivity index (χ0n) is 59.2. The molecule has 0 saturated carbocycles. The lowest BCUT2D eigenvalue weighted by molar-refractivity contribution is -0.139. The summed E-state index contributed by atoms with van der Waals surface area (Å²) < 4.78 is 33.1. The van der Waals surface area contributed by atoms with Gasteiger partial charge in [0.1, 0.15) is 23.7 Å². The molecule has 3 rings (SSSR count). The Hall–Kier alpha value is -8.18. The number of halogens is 4. The Bertz CT molecular complexity index is 3130. The minimum atomic E-state index is -1.20. The first-order chi connectivity index (χ1) is 50.6. The number of carboxylic acid groups (broad SMARTS) is 2. The van der Waals surface area contributed by atoms with E-state index in [1.807, 2.05) is 19.1 Å². The molecule has 4 atom stereocenters. The number of hydrogen-bond acceptors (Lipinski definition) is 19. The first-order valence-electron chi connectivity index (χ1n) is 34.8. The molecule has 2 aromatic carbocycles. The second kappa shape index (κ2) is 57.1. The van der Waals surface area contributed by atoms with E-state index in [0.29, 0.717) is 87.5 Å². The molecule has 0 radical (unpaired) electrons. The van der Waals surface area contributed by atoms with Gasteiger partial charge in [-0.2, -0.15) is 0 Å². The van der Waals surface area contributed by atoms with Crippen LogP contribution in [0.15, 0.2) is 77.9 Å². The van der Waals surface area contributed by atoms with Crippen LogP contribution < -0.4 is 64.2 Å². The molecule has 1 aromatic heterocycles. The molecule has 0 fully saturated rings. The second-order valence-corrected chi connectivity index (χ2v) is 25.1. The number of amidine groups is 1. The molecular weight excluding hydrogens is 1450 g/mol. The highest BCUT2D eigenvalue weighted by Crippen LogP contribution is 2.27. The third-order valence-corrected chi connectivity index (χ3v) is 15.6. The van der Waals surface area contributed by atoms with Gasteiger partial charge in [0.05, 0.1) is 104 Å². The number of nitrogens with one attached hydrogen (secondary N) is 11. The SMILES string of the molecule is CC=CC(N)=NCCCCC(=O)NC(CCC(=O)NCCOCCOCCOCCNC(=O)NCCCCNC(=O)NCCOCCOCCOCCNC(=O)CCC(NC(=O)CCCCNc1ccccn1)C(=O)NC(CC(=O)O)c1cc(Cl)cc(Cl)c1)C(=O)NC(CC(=O)O)c1cc(Cl)cc(Cl)c1. The molecule has 10 amide bonds. The highest BCUT2D eigenvalue weighted by molar-refractivity contribution is 6.35. The molecule has 4 unspecified atom stereocenters. The topological polar surface area (TPSA) is 450 Å². The number of aliphatic imine (C=N–C) groups is 1. The van der Waals surface area contributed by atoms with E-state index in [1.165, 1.54) is 36.4 Å². The number of carboxylic acids is 2. The molecule has 32 nitrogen and oxygen atoms in total. The third kappa shape index (κ3) is 47.1. The van der Waals surface area contributed by atoms with E-state index >= 15 is 0 Å². The van der Waals surface area contributed by atoms with Crippen molar-refractivity contribution in [3.8, 4) is 0 Å². The van der Waals surface area contributed by atoms with Crippen LogP contribution in [0.3, 0.4) is 0 Å². The zero-order chi connectivity index (χ0) is 76.7. The molecule has 15 N–H and O–H groups in total. The Labute approximate surface area is 631 Å². The van der Waals surface area contributed by atoms with Crippen molar-refractivity contribution in [2.75, 3.05) is 137 Å². The lowest BCUT2D eigenvalue weighted by Gasteiger charge is -2.23. The van der Waals surface area contributed by atoms with E-state index in [4.69, 9.17) is 80.6 Å². The van der Waals surface area contributed by atoms with Crippen molar-refractivity contribution in [1.29, 1.82) is 0 Å². The van der Waals surface area contributed by atoms with Gasteiger partial charge in [0, 0.05) is 104 Å².